The number of hydrogen-bond donors (Lipinski definition) is 0. The van der Waals surface area contributed by atoms with Crippen molar-refractivity contribution < 1.29 is 117 Å². The van der Waals surface area contributed by atoms with Gasteiger partial charge in [0.05, 0.1) is 26.2 Å². The van der Waals surface area contributed by atoms with Gasteiger partial charge in [-0.1, -0.05) is 13.2 Å². The minimum atomic E-state index is -2.05. The molecule has 0 aliphatic rings. The average Bonchev–Trinajstić information content (AvgIpc) is 2.62. The summed E-state index contributed by atoms with van der Waals surface area (Å²) in [6.45, 7) is 6.04. The number of methoxy groups -OCH3 is 2. The van der Waals surface area contributed by atoms with Crippen molar-refractivity contribution in [2.24, 2.45) is 0 Å². The number of esters is 4. The van der Waals surface area contributed by atoms with E-state index in [1.807, 2.05) is 0 Å². The van der Waals surface area contributed by atoms with Gasteiger partial charge in [-0.15, -0.1) is 0 Å². The molecule has 2 unspecified atom stereocenters. The normalized spacial score (nSPS) is 10.4. The molecule has 0 saturated carbocycles. The third-order valence-corrected chi connectivity index (χ3v) is 2.06. The van der Waals surface area contributed by atoms with Gasteiger partial charge in [0.1, 0.15) is 0 Å². The van der Waals surface area contributed by atoms with Crippen LogP contribution in [0.1, 0.15) is 0 Å². The molecule has 0 aromatic carbocycles. The van der Waals surface area contributed by atoms with Crippen LogP contribution in [0.15, 0.2) is 25.3 Å². The molecule has 0 aromatic rings. The Labute approximate surface area is 203 Å². The number of aliphatic carboxylic acids is 2. The van der Waals surface area contributed by atoms with Gasteiger partial charge < -0.3 is 38.7 Å². The van der Waals surface area contributed by atoms with E-state index in [0.29, 0.717) is 0 Å². The van der Waals surface area contributed by atoms with E-state index in [1.165, 1.54) is 0 Å². The maximum atomic E-state index is 10.7. The summed E-state index contributed by atoms with van der Waals surface area (Å²) in [7, 11) is 1.92. The van der Waals surface area contributed by atoms with Crippen LogP contribution >= 0.6 is 0 Å². The first-order chi connectivity index (χ1) is 12.0. The number of carboxylic acid groups (broad SMARTS) is 2. The predicted molar refractivity (Wildman–Crippen MR) is 74.2 cm³/mol. The second-order valence-corrected chi connectivity index (χ2v) is 3.73. The van der Waals surface area contributed by atoms with Crippen molar-refractivity contribution in [1.82, 2.24) is 0 Å². The number of ether oxygens (including phenoxy) is 4. The minimum absolute atomic E-state index is 0. The second kappa shape index (κ2) is 18.7. The van der Waals surface area contributed by atoms with Crippen LogP contribution in [-0.2, 0) is 47.7 Å². The molecule has 0 radical (unpaired) electrons. The molecule has 144 valence electrons. The molecule has 0 aromatic heterocycles. The Bertz CT molecular complexity index is 549. The first-order valence-corrected chi connectivity index (χ1v) is 6.29. The summed E-state index contributed by atoms with van der Waals surface area (Å²) in [5.74, 6) is -8.20. The molecular weight excluding hydrogens is 406 g/mol. The molecule has 0 bridgehead atoms. The van der Waals surface area contributed by atoms with E-state index in [9.17, 15) is 39.0 Å². The molecule has 0 N–H and O–H groups in total. The van der Waals surface area contributed by atoms with Gasteiger partial charge in [-0.3, -0.25) is 0 Å². The summed E-state index contributed by atoms with van der Waals surface area (Å²) in [6.07, 6.45) is -2.65. The van der Waals surface area contributed by atoms with E-state index in [4.69, 9.17) is 0 Å². The summed E-state index contributed by atoms with van der Waals surface area (Å²) < 4.78 is 16.3. The average molecular weight is 420 g/mol. The molecule has 14 heteroatoms. The van der Waals surface area contributed by atoms with Crippen LogP contribution in [0.25, 0.3) is 0 Å². The Morgan fingerprint density at radius 3 is 1.11 bits per heavy atom. The molecule has 0 aliphatic carbocycles. The van der Waals surface area contributed by atoms with Crippen molar-refractivity contribution in [3.63, 3.8) is 0 Å². The van der Waals surface area contributed by atoms with Crippen LogP contribution in [0.5, 0.6) is 0 Å². The van der Waals surface area contributed by atoms with Gasteiger partial charge in [-0.25, -0.2) is 19.2 Å². The zero-order chi connectivity index (χ0) is 20.9. The second-order valence-electron chi connectivity index (χ2n) is 3.73. The Kier molecular flexibility index (Phi) is 22.6. The largest absolute Gasteiger partial charge is 1.00 e. The Morgan fingerprint density at radius 2 is 0.964 bits per heavy atom. The first kappa shape index (κ1) is 33.9. The molecule has 28 heavy (non-hydrogen) atoms. The molecule has 0 rings (SSSR count). The van der Waals surface area contributed by atoms with E-state index in [0.717, 1.165) is 26.4 Å². The van der Waals surface area contributed by atoms with Crippen molar-refractivity contribution in [3.05, 3.63) is 25.3 Å². The van der Waals surface area contributed by atoms with Gasteiger partial charge in [0.15, 0.2) is 0 Å². The summed E-state index contributed by atoms with van der Waals surface area (Å²) in [5, 5.41) is 20.5. The predicted octanol–water partition coefficient (Wildman–Crippen LogP) is -9.98. The van der Waals surface area contributed by atoms with Crippen molar-refractivity contribution >= 4 is 35.8 Å². The van der Waals surface area contributed by atoms with Gasteiger partial charge in [-0.2, -0.15) is 0 Å². The van der Waals surface area contributed by atoms with Gasteiger partial charge in [-0.05, 0) is 0 Å². The van der Waals surface area contributed by atoms with Crippen molar-refractivity contribution in [2.75, 3.05) is 14.2 Å². The number of carboxylic acids is 2. The van der Waals surface area contributed by atoms with Crippen LogP contribution in [0, 0.1) is 0 Å². The molecular formula is C14H14Na2O12. The summed E-state index contributed by atoms with van der Waals surface area (Å²) in [6, 6.07) is 0. The van der Waals surface area contributed by atoms with Gasteiger partial charge in [0, 0.05) is 12.2 Å². The number of carbonyl (C=O) groups is 6. The number of carbonyl (C=O) groups excluding carboxylic acids is 6. The Balaban J connectivity index is -0.000000192. The van der Waals surface area contributed by atoms with Crippen LogP contribution < -0.4 is 69.3 Å². The molecule has 0 fully saturated rings. The van der Waals surface area contributed by atoms with E-state index in [2.05, 4.69) is 32.1 Å². The maximum absolute atomic E-state index is 10.7. The maximum Gasteiger partial charge on any atom is 1.00 e. The third-order valence-electron chi connectivity index (χ3n) is 2.06. The van der Waals surface area contributed by atoms with Crippen molar-refractivity contribution in [1.29, 1.82) is 0 Å². The zero-order valence-corrected chi connectivity index (χ0v) is 19.6. The molecule has 0 spiro atoms. The molecule has 0 saturated heterocycles. The van der Waals surface area contributed by atoms with Crippen LogP contribution in [0.4, 0.5) is 0 Å². The van der Waals surface area contributed by atoms with E-state index in [1.54, 1.807) is 0 Å². The molecule has 0 heterocycles. The van der Waals surface area contributed by atoms with Crippen molar-refractivity contribution in [2.45, 2.75) is 12.2 Å². The molecule has 12 nitrogen and oxygen atoms in total. The molecule has 0 aliphatic heterocycles. The SMILES string of the molecule is C=CC(=O)OC(C(=O)[O-])C(=O)OC.C=CC(=O)OC(C(=O)[O-])C(=O)OC.[Na+].[Na+]. The van der Waals surface area contributed by atoms with Crippen LogP contribution in [-0.4, -0.2) is 62.2 Å². The first-order valence-electron chi connectivity index (χ1n) is 6.29. The smallest absolute Gasteiger partial charge is 0.545 e. The topological polar surface area (TPSA) is 185 Å². The fourth-order valence-corrected chi connectivity index (χ4v) is 0.928. The van der Waals surface area contributed by atoms with Crippen molar-refractivity contribution in [3.8, 4) is 0 Å². The van der Waals surface area contributed by atoms with Gasteiger partial charge in [0.2, 0.25) is 12.2 Å². The van der Waals surface area contributed by atoms with Gasteiger partial charge >= 0.3 is 83.0 Å². The Morgan fingerprint density at radius 1 is 0.714 bits per heavy atom. The number of rotatable bonds is 8. The van der Waals surface area contributed by atoms with E-state index >= 15 is 0 Å². The van der Waals surface area contributed by atoms with E-state index < -0.39 is 48.0 Å². The zero-order valence-electron chi connectivity index (χ0n) is 15.6. The number of hydrogen-bond acceptors (Lipinski definition) is 12. The summed E-state index contributed by atoms with van der Waals surface area (Å²) in [4.78, 5) is 62.8. The van der Waals surface area contributed by atoms with Crippen LogP contribution in [0.3, 0.4) is 0 Å². The minimum Gasteiger partial charge on any atom is -0.545 e. The third kappa shape index (κ3) is 14.4. The monoisotopic (exact) mass is 420 g/mol. The summed E-state index contributed by atoms with van der Waals surface area (Å²) in [5.41, 5.74) is 0. The quantitative estimate of drug-likeness (QED) is 0.119. The molecule has 2 atom stereocenters. The Hall–Kier alpha value is -1.70. The van der Waals surface area contributed by atoms with Crippen LogP contribution in [0.2, 0.25) is 0 Å². The standard InChI is InChI=1S/2C7H8O6.2Na/c2*1-3-4(8)13-5(6(9)10)7(11)12-2;;/h2*3,5H,1H2,2H3,(H,9,10);;/q;;2*+1/p-2. The molecule has 0 amide bonds. The summed E-state index contributed by atoms with van der Waals surface area (Å²) >= 11 is 0. The van der Waals surface area contributed by atoms with E-state index in [-0.39, 0.29) is 59.1 Å². The fourth-order valence-electron chi connectivity index (χ4n) is 0.928. The fraction of sp³-hybridized carbons (Fsp3) is 0.286. The van der Waals surface area contributed by atoms with Gasteiger partial charge in [0.25, 0.3) is 0 Å².